The van der Waals surface area contributed by atoms with E-state index in [1.165, 1.54) is 4.52 Å². The number of azo groups is 1. The maximum Gasteiger partial charge on any atom is 0.275 e. The lowest BCUT2D eigenvalue weighted by Crippen LogP contribution is -2.19. The van der Waals surface area contributed by atoms with E-state index in [1.54, 1.807) is 13.8 Å². The second kappa shape index (κ2) is 5.10. The number of nitrogen functional groups attached to an aromatic ring is 1. The molecule has 0 aliphatic heterocycles. The zero-order valence-corrected chi connectivity index (χ0v) is 12.6. The average molecular weight is 296 g/mol. The van der Waals surface area contributed by atoms with Crippen LogP contribution in [0.25, 0.3) is 5.65 Å². The molecule has 112 valence electrons. The maximum atomic E-state index is 12.2. The van der Waals surface area contributed by atoms with Gasteiger partial charge >= 0.3 is 0 Å². The van der Waals surface area contributed by atoms with Crippen molar-refractivity contribution in [3.63, 3.8) is 0 Å². The summed E-state index contributed by atoms with van der Waals surface area (Å²) in [4.78, 5) is 16.6. The van der Waals surface area contributed by atoms with Gasteiger partial charge in [-0.1, -0.05) is 18.2 Å². The van der Waals surface area contributed by atoms with E-state index in [2.05, 4.69) is 20.3 Å². The van der Waals surface area contributed by atoms with Crippen LogP contribution in [-0.2, 0) is 0 Å². The molecule has 0 bridgehead atoms. The largest absolute Gasteiger partial charge is 0.382 e. The van der Waals surface area contributed by atoms with Gasteiger partial charge in [0.15, 0.2) is 11.3 Å². The fraction of sp³-hybridized carbons (Fsp3) is 0.200. The van der Waals surface area contributed by atoms with Crippen molar-refractivity contribution in [2.75, 3.05) is 5.73 Å². The number of aryl methyl sites for hydroxylation is 2. The highest BCUT2D eigenvalue weighted by molar-refractivity contribution is 5.75. The Morgan fingerprint density at radius 2 is 1.91 bits per heavy atom. The van der Waals surface area contributed by atoms with Crippen molar-refractivity contribution in [1.82, 2.24) is 14.6 Å². The van der Waals surface area contributed by atoms with Crippen LogP contribution in [-0.4, -0.2) is 14.6 Å². The van der Waals surface area contributed by atoms with Crippen molar-refractivity contribution in [3.8, 4) is 0 Å². The van der Waals surface area contributed by atoms with Gasteiger partial charge in [0.2, 0.25) is 0 Å². The van der Waals surface area contributed by atoms with Crippen molar-refractivity contribution in [1.29, 1.82) is 0 Å². The van der Waals surface area contributed by atoms with Gasteiger partial charge in [0.1, 0.15) is 5.82 Å². The Bertz CT molecular complexity index is 951. The minimum absolute atomic E-state index is 0.188. The van der Waals surface area contributed by atoms with Gasteiger partial charge in [-0.15, -0.1) is 5.11 Å². The molecule has 0 fully saturated rings. The molecule has 2 heterocycles. The number of benzene rings is 1. The van der Waals surface area contributed by atoms with Crippen LogP contribution in [0.2, 0.25) is 0 Å². The summed E-state index contributed by atoms with van der Waals surface area (Å²) in [5, 5.41) is 11.2. The summed E-state index contributed by atoms with van der Waals surface area (Å²) in [6.07, 6.45) is 0. The highest BCUT2D eigenvalue weighted by Crippen LogP contribution is 2.28. The van der Waals surface area contributed by atoms with Gasteiger partial charge in [-0.25, -0.2) is 4.98 Å². The number of H-pyrrole nitrogens is 1. The van der Waals surface area contributed by atoms with Crippen molar-refractivity contribution < 1.29 is 0 Å². The molecule has 22 heavy (non-hydrogen) atoms. The molecule has 0 aliphatic rings. The van der Waals surface area contributed by atoms with Crippen LogP contribution < -0.4 is 11.3 Å². The Hall–Kier alpha value is -2.96. The molecule has 0 atom stereocenters. The van der Waals surface area contributed by atoms with E-state index in [9.17, 15) is 4.79 Å². The standard InChI is InChI=1S/C15H16N6O/c1-8-6-4-5-7-11(8)18-19-12-13(16)20-21-14(12)17-10(3)9(2)15(21)22/h4-7,20H,16H2,1-3H3. The van der Waals surface area contributed by atoms with Crippen molar-refractivity contribution in [2.45, 2.75) is 20.8 Å². The van der Waals surface area contributed by atoms with Crippen molar-refractivity contribution >= 4 is 22.8 Å². The highest BCUT2D eigenvalue weighted by Gasteiger charge is 2.14. The molecule has 0 unspecified atom stereocenters. The first-order chi connectivity index (χ1) is 10.5. The number of aromatic nitrogens is 3. The number of aromatic amines is 1. The summed E-state index contributed by atoms with van der Waals surface area (Å²) in [5.41, 5.74) is 9.43. The summed E-state index contributed by atoms with van der Waals surface area (Å²) in [7, 11) is 0. The number of hydrogen-bond acceptors (Lipinski definition) is 5. The normalized spacial score (nSPS) is 11.6. The topological polar surface area (TPSA) is 101 Å². The molecule has 0 saturated heterocycles. The monoisotopic (exact) mass is 296 g/mol. The summed E-state index contributed by atoms with van der Waals surface area (Å²) in [6, 6.07) is 7.62. The molecular formula is C15H16N6O. The number of rotatable bonds is 2. The number of anilines is 1. The Kier molecular flexibility index (Phi) is 3.25. The third-order valence-corrected chi connectivity index (χ3v) is 3.62. The van der Waals surface area contributed by atoms with Gasteiger partial charge in [-0.3, -0.25) is 9.89 Å². The predicted molar refractivity (Wildman–Crippen MR) is 85.1 cm³/mol. The van der Waals surface area contributed by atoms with Crippen LogP contribution in [0, 0.1) is 20.8 Å². The minimum atomic E-state index is -0.188. The van der Waals surface area contributed by atoms with Crippen LogP contribution >= 0.6 is 0 Å². The van der Waals surface area contributed by atoms with E-state index < -0.39 is 0 Å². The average Bonchev–Trinajstić information content (AvgIpc) is 2.80. The molecule has 7 nitrogen and oxygen atoms in total. The maximum absolute atomic E-state index is 12.2. The molecule has 0 amide bonds. The SMILES string of the molecule is Cc1ccccc1N=Nc1c(N)[nH]n2c(=O)c(C)c(C)nc12. The summed E-state index contributed by atoms with van der Waals surface area (Å²) >= 11 is 0. The molecule has 0 aliphatic carbocycles. The molecule has 1 aromatic carbocycles. The van der Waals surface area contributed by atoms with Crippen LogP contribution in [0.15, 0.2) is 39.3 Å². The van der Waals surface area contributed by atoms with E-state index in [-0.39, 0.29) is 11.4 Å². The van der Waals surface area contributed by atoms with Crippen LogP contribution in [0.1, 0.15) is 16.8 Å². The van der Waals surface area contributed by atoms with Gasteiger partial charge < -0.3 is 5.73 Å². The molecule has 3 N–H and O–H groups in total. The molecule has 0 saturated carbocycles. The van der Waals surface area contributed by atoms with Crippen molar-refractivity contribution in [2.24, 2.45) is 10.2 Å². The van der Waals surface area contributed by atoms with Gasteiger partial charge in [-0.2, -0.15) is 9.63 Å². The number of nitrogens with two attached hydrogens (primary N) is 1. The Labute approximate surface area is 126 Å². The number of hydrogen-bond donors (Lipinski definition) is 2. The van der Waals surface area contributed by atoms with Gasteiger partial charge in [0.25, 0.3) is 5.56 Å². The minimum Gasteiger partial charge on any atom is -0.382 e. The fourth-order valence-electron chi connectivity index (χ4n) is 2.15. The molecular weight excluding hydrogens is 280 g/mol. The van der Waals surface area contributed by atoms with E-state index in [0.717, 1.165) is 11.3 Å². The third-order valence-electron chi connectivity index (χ3n) is 3.62. The van der Waals surface area contributed by atoms with Gasteiger partial charge in [-0.05, 0) is 32.4 Å². The molecule has 2 aromatic heterocycles. The Balaban J connectivity index is 2.18. The van der Waals surface area contributed by atoms with E-state index >= 15 is 0 Å². The molecule has 3 rings (SSSR count). The van der Waals surface area contributed by atoms with Crippen LogP contribution in [0.5, 0.6) is 0 Å². The van der Waals surface area contributed by atoms with Crippen LogP contribution in [0.3, 0.4) is 0 Å². The summed E-state index contributed by atoms with van der Waals surface area (Å²) < 4.78 is 1.30. The van der Waals surface area contributed by atoms with E-state index in [4.69, 9.17) is 5.73 Å². The quantitative estimate of drug-likeness (QED) is 0.711. The second-order valence-corrected chi connectivity index (χ2v) is 5.15. The van der Waals surface area contributed by atoms with Crippen LogP contribution in [0.4, 0.5) is 17.2 Å². The number of fused-ring (bicyclic) bond motifs is 1. The summed E-state index contributed by atoms with van der Waals surface area (Å²) in [5.74, 6) is 0.256. The lowest BCUT2D eigenvalue weighted by molar-refractivity contribution is 0.877. The first-order valence-corrected chi connectivity index (χ1v) is 6.84. The molecule has 3 aromatic rings. The summed E-state index contributed by atoms with van der Waals surface area (Å²) in [6.45, 7) is 5.45. The van der Waals surface area contributed by atoms with Gasteiger partial charge in [0.05, 0.1) is 5.69 Å². The first-order valence-electron chi connectivity index (χ1n) is 6.84. The molecule has 0 radical (unpaired) electrons. The van der Waals surface area contributed by atoms with Crippen molar-refractivity contribution in [3.05, 3.63) is 51.4 Å². The zero-order valence-electron chi connectivity index (χ0n) is 12.6. The highest BCUT2D eigenvalue weighted by atomic mass is 16.1. The third kappa shape index (κ3) is 2.16. The van der Waals surface area contributed by atoms with Gasteiger partial charge in [0, 0.05) is 11.3 Å². The second-order valence-electron chi connectivity index (χ2n) is 5.15. The number of nitrogens with zero attached hydrogens (tertiary/aromatic N) is 4. The first kappa shape index (κ1) is 14.0. The van der Waals surface area contributed by atoms with E-state index in [0.29, 0.717) is 22.6 Å². The number of nitrogens with one attached hydrogen (secondary N) is 1. The Morgan fingerprint density at radius 1 is 1.18 bits per heavy atom. The lowest BCUT2D eigenvalue weighted by Gasteiger charge is -1.99. The smallest absolute Gasteiger partial charge is 0.275 e. The molecule has 7 heteroatoms. The Morgan fingerprint density at radius 3 is 2.64 bits per heavy atom. The predicted octanol–water partition coefficient (Wildman–Crippen LogP) is 2.95. The lowest BCUT2D eigenvalue weighted by atomic mass is 10.2. The zero-order chi connectivity index (χ0) is 15.9. The van der Waals surface area contributed by atoms with E-state index in [1.807, 2.05) is 31.2 Å². The fourth-order valence-corrected chi connectivity index (χ4v) is 2.15. The molecule has 0 spiro atoms.